The van der Waals surface area contributed by atoms with E-state index in [9.17, 15) is 5.11 Å². The fourth-order valence-corrected chi connectivity index (χ4v) is 1.94. The largest absolute Gasteiger partial charge is 0.386 e. The van der Waals surface area contributed by atoms with E-state index < -0.39 is 5.60 Å². The van der Waals surface area contributed by atoms with E-state index in [1.54, 1.807) is 0 Å². The third-order valence-corrected chi connectivity index (χ3v) is 3.13. The highest BCUT2D eigenvalue weighted by Gasteiger charge is 2.62. The molecule has 1 aliphatic carbocycles. The molecule has 0 aromatic heterocycles. The standard InChI is InChI=1S/C10H16O2/c1-8(2)10(12-8)6-4-9(3,11)5-7-10/h4,6,11H,5,7H2,1-3H3/t9-,10-/m0/s1. The highest BCUT2D eigenvalue weighted by Crippen LogP contribution is 2.54. The van der Waals surface area contributed by atoms with E-state index in [1.165, 1.54) is 0 Å². The Morgan fingerprint density at radius 1 is 1.17 bits per heavy atom. The van der Waals surface area contributed by atoms with Crippen LogP contribution in [0.1, 0.15) is 33.6 Å². The van der Waals surface area contributed by atoms with E-state index in [-0.39, 0.29) is 11.2 Å². The first-order chi connectivity index (χ1) is 5.37. The highest BCUT2D eigenvalue weighted by molar-refractivity contribution is 5.27. The van der Waals surface area contributed by atoms with Gasteiger partial charge in [0.15, 0.2) is 0 Å². The fraction of sp³-hybridized carbons (Fsp3) is 0.800. The monoisotopic (exact) mass is 168 g/mol. The molecule has 2 aliphatic rings. The number of aliphatic hydroxyl groups is 1. The van der Waals surface area contributed by atoms with Gasteiger partial charge in [0.1, 0.15) is 5.60 Å². The van der Waals surface area contributed by atoms with E-state index in [0.717, 1.165) is 12.8 Å². The molecular formula is C10H16O2. The topological polar surface area (TPSA) is 32.8 Å². The SMILES string of the molecule is CC1(C)O[C@]12C=C[C@](C)(O)CC2. The lowest BCUT2D eigenvalue weighted by atomic mass is 9.81. The minimum Gasteiger partial charge on any atom is -0.386 e. The highest BCUT2D eigenvalue weighted by atomic mass is 16.6. The summed E-state index contributed by atoms with van der Waals surface area (Å²) in [6.07, 6.45) is 5.62. The van der Waals surface area contributed by atoms with Crippen molar-refractivity contribution in [1.82, 2.24) is 0 Å². The maximum Gasteiger partial charge on any atom is 0.116 e. The quantitative estimate of drug-likeness (QED) is 0.440. The van der Waals surface area contributed by atoms with Crippen LogP contribution in [-0.2, 0) is 4.74 Å². The Bertz CT molecular complexity index is 240. The van der Waals surface area contributed by atoms with Gasteiger partial charge in [0.2, 0.25) is 0 Å². The summed E-state index contributed by atoms with van der Waals surface area (Å²) < 4.78 is 5.63. The average molecular weight is 168 g/mol. The van der Waals surface area contributed by atoms with Crippen LogP contribution in [0.2, 0.25) is 0 Å². The number of epoxide rings is 1. The molecule has 2 atom stereocenters. The van der Waals surface area contributed by atoms with Gasteiger partial charge in [0.25, 0.3) is 0 Å². The lowest BCUT2D eigenvalue weighted by Gasteiger charge is -2.26. The van der Waals surface area contributed by atoms with Gasteiger partial charge in [0, 0.05) is 0 Å². The number of hydrogen-bond acceptors (Lipinski definition) is 2. The minimum atomic E-state index is -0.618. The van der Waals surface area contributed by atoms with Crippen LogP contribution >= 0.6 is 0 Å². The van der Waals surface area contributed by atoms with Crippen molar-refractivity contribution in [3.63, 3.8) is 0 Å². The van der Waals surface area contributed by atoms with E-state index >= 15 is 0 Å². The van der Waals surface area contributed by atoms with Crippen LogP contribution < -0.4 is 0 Å². The average Bonchev–Trinajstić information content (AvgIpc) is 2.45. The second kappa shape index (κ2) is 1.94. The molecule has 1 heterocycles. The molecule has 0 saturated carbocycles. The molecule has 0 bridgehead atoms. The third-order valence-electron chi connectivity index (χ3n) is 3.13. The van der Waals surface area contributed by atoms with Crippen LogP contribution in [-0.4, -0.2) is 21.9 Å². The van der Waals surface area contributed by atoms with Gasteiger partial charge in [-0.3, -0.25) is 0 Å². The van der Waals surface area contributed by atoms with E-state index in [2.05, 4.69) is 13.8 Å². The molecule has 0 radical (unpaired) electrons. The van der Waals surface area contributed by atoms with Crippen molar-refractivity contribution in [2.24, 2.45) is 0 Å². The van der Waals surface area contributed by atoms with Gasteiger partial charge in [-0.15, -0.1) is 0 Å². The molecule has 0 aromatic carbocycles. The summed E-state index contributed by atoms with van der Waals surface area (Å²) in [4.78, 5) is 0. The maximum atomic E-state index is 9.66. The van der Waals surface area contributed by atoms with Crippen molar-refractivity contribution in [3.05, 3.63) is 12.2 Å². The van der Waals surface area contributed by atoms with Gasteiger partial charge in [0.05, 0.1) is 11.2 Å². The molecular weight excluding hydrogens is 152 g/mol. The predicted octanol–water partition coefficient (Wildman–Crippen LogP) is 1.64. The molecule has 0 amide bonds. The van der Waals surface area contributed by atoms with Crippen molar-refractivity contribution in [2.75, 3.05) is 0 Å². The Morgan fingerprint density at radius 2 is 1.75 bits per heavy atom. The van der Waals surface area contributed by atoms with Crippen molar-refractivity contribution in [1.29, 1.82) is 0 Å². The first-order valence-corrected chi connectivity index (χ1v) is 4.50. The number of rotatable bonds is 0. The molecule has 0 aromatic rings. The summed E-state index contributed by atoms with van der Waals surface area (Å²) in [6, 6.07) is 0. The molecule has 1 spiro atoms. The van der Waals surface area contributed by atoms with E-state index in [0.29, 0.717) is 0 Å². The zero-order valence-electron chi connectivity index (χ0n) is 7.92. The number of hydrogen-bond donors (Lipinski definition) is 1. The Hall–Kier alpha value is -0.340. The molecule has 1 aliphatic heterocycles. The molecule has 2 heteroatoms. The molecule has 2 rings (SSSR count). The van der Waals surface area contributed by atoms with Crippen LogP contribution in [0, 0.1) is 0 Å². The predicted molar refractivity (Wildman–Crippen MR) is 46.9 cm³/mol. The smallest absolute Gasteiger partial charge is 0.116 e. The first kappa shape index (κ1) is 8.27. The normalized spacial score (nSPS) is 49.7. The van der Waals surface area contributed by atoms with Gasteiger partial charge in [-0.25, -0.2) is 0 Å². The van der Waals surface area contributed by atoms with E-state index in [4.69, 9.17) is 4.74 Å². The molecule has 2 nitrogen and oxygen atoms in total. The van der Waals surface area contributed by atoms with Gasteiger partial charge in [-0.1, -0.05) is 12.2 Å². The van der Waals surface area contributed by atoms with Gasteiger partial charge in [-0.2, -0.15) is 0 Å². The maximum absolute atomic E-state index is 9.66. The Kier molecular flexibility index (Phi) is 1.33. The van der Waals surface area contributed by atoms with E-state index in [1.807, 2.05) is 19.1 Å². The van der Waals surface area contributed by atoms with Crippen molar-refractivity contribution in [2.45, 2.75) is 50.4 Å². The minimum absolute atomic E-state index is 0.0139. The van der Waals surface area contributed by atoms with Gasteiger partial charge in [-0.05, 0) is 33.6 Å². The summed E-state index contributed by atoms with van der Waals surface area (Å²) in [7, 11) is 0. The van der Waals surface area contributed by atoms with Crippen LogP contribution in [0.3, 0.4) is 0 Å². The van der Waals surface area contributed by atoms with Crippen LogP contribution in [0.4, 0.5) is 0 Å². The summed E-state index contributed by atoms with van der Waals surface area (Å²) in [6.45, 7) is 6.03. The van der Waals surface area contributed by atoms with Crippen molar-refractivity contribution in [3.8, 4) is 0 Å². The van der Waals surface area contributed by atoms with Crippen LogP contribution in [0.25, 0.3) is 0 Å². The Morgan fingerprint density at radius 3 is 2.08 bits per heavy atom. The molecule has 68 valence electrons. The van der Waals surface area contributed by atoms with Crippen molar-refractivity contribution >= 4 is 0 Å². The first-order valence-electron chi connectivity index (χ1n) is 4.50. The number of ether oxygens (including phenoxy) is 1. The summed E-state index contributed by atoms with van der Waals surface area (Å²) >= 11 is 0. The summed E-state index contributed by atoms with van der Waals surface area (Å²) in [5.41, 5.74) is -0.692. The van der Waals surface area contributed by atoms with Gasteiger partial charge >= 0.3 is 0 Å². The summed E-state index contributed by atoms with van der Waals surface area (Å²) in [5.74, 6) is 0. The fourth-order valence-electron chi connectivity index (χ4n) is 1.94. The zero-order chi connectivity index (χ0) is 9.04. The van der Waals surface area contributed by atoms with Crippen molar-refractivity contribution < 1.29 is 9.84 Å². The zero-order valence-corrected chi connectivity index (χ0v) is 7.92. The lowest BCUT2D eigenvalue weighted by Crippen LogP contribution is -2.31. The third kappa shape index (κ3) is 1.02. The molecule has 12 heavy (non-hydrogen) atoms. The van der Waals surface area contributed by atoms with Gasteiger partial charge < -0.3 is 9.84 Å². The molecule has 0 unspecified atom stereocenters. The Balaban J connectivity index is 2.18. The van der Waals surface area contributed by atoms with Crippen LogP contribution in [0.15, 0.2) is 12.2 Å². The second-order valence-corrected chi connectivity index (χ2v) is 4.69. The lowest BCUT2D eigenvalue weighted by molar-refractivity contribution is 0.0832. The van der Waals surface area contributed by atoms with Crippen LogP contribution in [0.5, 0.6) is 0 Å². The molecule has 1 N–H and O–H groups in total. The molecule has 1 saturated heterocycles. The Labute approximate surface area is 73.2 Å². The summed E-state index contributed by atoms with van der Waals surface area (Å²) in [5, 5.41) is 9.66. The molecule has 1 fully saturated rings. The second-order valence-electron chi connectivity index (χ2n) is 4.69.